The molecule has 9 heavy (non-hydrogen) atoms. The number of ketones is 1. The summed E-state index contributed by atoms with van der Waals surface area (Å²) >= 11 is 0. The minimum Gasteiger partial charge on any atom is -0.396 e. The highest BCUT2D eigenvalue weighted by atomic mass is 16.3. The molecule has 1 atom stereocenters. The average molecular weight is 128 g/mol. The molecule has 0 heterocycles. The van der Waals surface area contributed by atoms with Crippen LogP contribution in [0.3, 0.4) is 0 Å². The Bertz CT molecular complexity index is 107. The van der Waals surface area contributed by atoms with Crippen molar-refractivity contribution in [2.45, 2.75) is 13.3 Å². The van der Waals surface area contributed by atoms with Gasteiger partial charge in [-0.05, 0) is 13.3 Å². The molecule has 0 amide bonds. The highest BCUT2D eigenvalue weighted by Crippen LogP contribution is 2.03. The molecule has 0 radical (unpaired) electrons. The lowest BCUT2D eigenvalue weighted by atomic mass is 10.0. The summed E-state index contributed by atoms with van der Waals surface area (Å²) in [6, 6.07) is 0. The molecule has 0 saturated heterocycles. The van der Waals surface area contributed by atoms with E-state index in [1.807, 2.05) is 0 Å². The van der Waals surface area contributed by atoms with Gasteiger partial charge in [-0.1, -0.05) is 6.08 Å². The monoisotopic (exact) mass is 128 g/mol. The van der Waals surface area contributed by atoms with Gasteiger partial charge in [0.1, 0.15) is 5.78 Å². The molecule has 0 aliphatic heterocycles. The van der Waals surface area contributed by atoms with E-state index in [9.17, 15) is 4.79 Å². The van der Waals surface area contributed by atoms with E-state index in [2.05, 4.69) is 6.58 Å². The Morgan fingerprint density at radius 1 is 1.89 bits per heavy atom. The summed E-state index contributed by atoms with van der Waals surface area (Å²) < 4.78 is 0. The van der Waals surface area contributed by atoms with Gasteiger partial charge < -0.3 is 5.11 Å². The van der Waals surface area contributed by atoms with Crippen LogP contribution in [-0.4, -0.2) is 17.5 Å². The number of Topliss-reactive ketones (excluding diaryl/α,β-unsaturated/α-hetero) is 1. The molecular formula is C7H12O2. The molecule has 0 aliphatic rings. The molecule has 0 aromatic carbocycles. The second-order valence-electron chi connectivity index (χ2n) is 1.97. The summed E-state index contributed by atoms with van der Waals surface area (Å²) in [5.74, 6) is -0.0888. The second-order valence-corrected chi connectivity index (χ2v) is 1.97. The van der Waals surface area contributed by atoms with Crippen molar-refractivity contribution in [3.8, 4) is 0 Å². The van der Waals surface area contributed by atoms with Crippen molar-refractivity contribution in [1.29, 1.82) is 0 Å². The molecule has 2 nitrogen and oxygen atoms in total. The highest BCUT2D eigenvalue weighted by Gasteiger charge is 2.06. The number of hydrogen-bond donors (Lipinski definition) is 1. The fourth-order valence-electron chi connectivity index (χ4n) is 0.626. The van der Waals surface area contributed by atoms with Crippen molar-refractivity contribution in [2.24, 2.45) is 5.92 Å². The van der Waals surface area contributed by atoms with E-state index in [0.717, 1.165) is 0 Å². The third-order valence-corrected chi connectivity index (χ3v) is 1.25. The van der Waals surface area contributed by atoms with E-state index in [-0.39, 0.29) is 18.3 Å². The quantitative estimate of drug-likeness (QED) is 0.567. The van der Waals surface area contributed by atoms with Crippen LogP contribution in [0, 0.1) is 5.92 Å². The van der Waals surface area contributed by atoms with E-state index in [4.69, 9.17) is 5.11 Å². The molecule has 1 unspecified atom stereocenters. The van der Waals surface area contributed by atoms with Crippen molar-refractivity contribution in [3.63, 3.8) is 0 Å². The van der Waals surface area contributed by atoms with E-state index in [0.29, 0.717) is 6.42 Å². The Kier molecular flexibility index (Phi) is 3.97. The normalized spacial score (nSPS) is 12.7. The van der Waals surface area contributed by atoms with E-state index >= 15 is 0 Å². The summed E-state index contributed by atoms with van der Waals surface area (Å²) in [5, 5.41) is 8.42. The molecule has 2 heteroatoms. The standard InChI is InChI=1S/C7H12O2/c1-3-7(4-5-8)6(2)9/h3,7-8H,1,4-5H2,2H3. The summed E-state index contributed by atoms with van der Waals surface area (Å²) in [6.45, 7) is 5.02. The van der Waals surface area contributed by atoms with Crippen LogP contribution in [0.4, 0.5) is 0 Å². The zero-order valence-electron chi connectivity index (χ0n) is 5.63. The molecule has 0 aromatic rings. The number of aliphatic hydroxyl groups excluding tert-OH is 1. The number of rotatable bonds is 4. The van der Waals surface area contributed by atoms with Crippen LogP contribution in [0.1, 0.15) is 13.3 Å². The summed E-state index contributed by atoms with van der Waals surface area (Å²) in [5.41, 5.74) is 0. The molecular weight excluding hydrogens is 116 g/mol. The molecule has 1 N–H and O–H groups in total. The second kappa shape index (κ2) is 4.27. The topological polar surface area (TPSA) is 37.3 Å². The van der Waals surface area contributed by atoms with Crippen LogP contribution in [0.5, 0.6) is 0 Å². The van der Waals surface area contributed by atoms with Crippen LogP contribution in [0.25, 0.3) is 0 Å². The predicted octanol–water partition coefficient (Wildman–Crippen LogP) is 0.760. The lowest BCUT2D eigenvalue weighted by Crippen LogP contribution is -2.08. The van der Waals surface area contributed by atoms with Gasteiger partial charge >= 0.3 is 0 Å². The van der Waals surface area contributed by atoms with Gasteiger partial charge in [0.15, 0.2) is 0 Å². The molecule has 0 aromatic heterocycles. The fraction of sp³-hybridized carbons (Fsp3) is 0.571. The van der Waals surface area contributed by atoms with Crippen LogP contribution in [-0.2, 0) is 4.79 Å². The van der Waals surface area contributed by atoms with E-state index < -0.39 is 0 Å². The number of carbonyl (C=O) groups excluding carboxylic acids is 1. The number of aliphatic hydroxyl groups is 1. The average Bonchev–Trinajstić information content (AvgIpc) is 1.82. The van der Waals surface area contributed by atoms with Gasteiger partial charge in [-0.25, -0.2) is 0 Å². The van der Waals surface area contributed by atoms with Gasteiger partial charge in [-0.15, -0.1) is 6.58 Å². The first-order valence-electron chi connectivity index (χ1n) is 2.96. The maximum absolute atomic E-state index is 10.6. The van der Waals surface area contributed by atoms with Gasteiger partial charge in [-0.3, -0.25) is 4.79 Å². The number of hydrogen-bond acceptors (Lipinski definition) is 2. The summed E-state index contributed by atoms with van der Waals surface area (Å²) in [4.78, 5) is 10.6. The van der Waals surface area contributed by atoms with Gasteiger partial charge in [0.25, 0.3) is 0 Å². The predicted molar refractivity (Wildman–Crippen MR) is 36.1 cm³/mol. The SMILES string of the molecule is C=CC(CCO)C(C)=O. The first-order chi connectivity index (χ1) is 4.22. The third kappa shape index (κ3) is 3.03. The fourth-order valence-corrected chi connectivity index (χ4v) is 0.626. The maximum Gasteiger partial charge on any atom is 0.136 e. The smallest absolute Gasteiger partial charge is 0.136 e. The third-order valence-electron chi connectivity index (χ3n) is 1.25. The minimum atomic E-state index is -0.157. The molecule has 0 spiro atoms. The molecule has 52 valence electrons. The van der Waals surface area contributed by atoms with Crippen molar-refractivity contribution < 1.29 is 9.90 Å². The molecule has 0 aliphatic carbocycles. The molecule has 0 saturated carbocycles. The summed E-state index contributed by atoms with van der Waals surface area (Å²) in [6.07, 6.45) is 2.07. The van der Waals surface area contributed by atoms with Gasteiger partial charge in [0, 0.05) is 12.5 Å². The molecule has 0 fully saturated rings. The number of allylic oxidation sites excluding steroid dienone is 1. The zero-order valence-corrected chi connectivity index (χ0v) is 5.63. The van der Waals surface area contributed by atoms with Crippen molar-refractivity contribution in [1.82, 2.24) is 0 Å². The largest absolute Gasteiger partial charge is 0.396 e. The Morgan fingerprint density at radius 2 is 2.44 bits per heavy atom. The van der Waals surface area contributed by atoms with E-state index in [1.165, 1.54) is 6.92 Å². The maximum atomic E-state index is 10.6. The first kappa shape index (κ1) is 8.37. The summed E-state index contributed by atoms with van der Waals surface area (Å²) in [7, 11) is 0. The van der Waals surface area contributed by atoms with Crippen molar-refractivity contribution >= 4 is 5.78 Å². The van der Waals surface area contributed by atoms with Gasteiger partial charge in [0.05, 0.1) is 0 Å². The lowest BCUT2D eigenvalue weighted by Gasteiger charge is -2.03. The first-order valence-corrected chi connectivity index (χ1v) is 2.96. The van der Waals surface area contributed by atoms with Crippen LogP contribution < -0.4 is 0 Å². The zero-order chi connectivity index (χ0) is 7.28. The number of carbonyl (C=O) groups is 1. The van der Waals surface area contributed by atoms with Crippen molar-refractivity contribution in [3.05, 3.63) is 12.7 Å². The minimum absolute atomic E-state index is 0.0519. The molecule has 0 bridgehead atoms. The van der Waals surface area contributed by atoms with E-state index in [1.54, 1.807) is 6.08 Å². The Morgan fingerprint density at radius 3 is 2.56 bits per heavy atom. The van der Waals surface area contributed by atoms with Crippen LogP contribution in [0.2, 0.25) is 0 Å². The Labute approximate surface area is 55.2 Å². The Balaban J connectivity index is 3.68. The van der Waals surface area contributed by atoms with Crippen LogP contribution in [0.15, 0.2) is 12.7 Å². The van der Waals surface area contributed by atoms with Crippen LogP contribution >= 0.6 is 0 Å². The highest BCUT2D eigenvalue weighted by molar-refractivity contribution is 5.79. The lowest BCUT2D eigenvalue weighted by molar-refractivity contribution is -0.119. The Hall–Kier alpha value is -0.630. The molecule has 0 rings (SSSR count). The van der Waals surface area contributed by atoms with Gasteiger partial charge in [-0.2, -0.15) is 0 Å². The van der Waals surface area contributed by atoms with Gasteiger partial charge in [0.2, 0.25) is 0 Å². The van der Waals surface area contributed by atoms with Crippen molar-refractivity contribution in [2.75, 3.05) is 6.61 Å².